The molecule has 7 nitrogen and oxygen atoms in total. The molecule has 0 fully saturated rings. The molecular formula is C28H30Cl3N3O4S. The first-order chi connectivity index (χ1) is 18.6. The lowest BCUT2D eigenvalue weighted by atomic mass is 10.1. The Morgan fingerprint density at radius 1 is 0.872 bits per heavy atom. The lowest BCUT2D eigenvalue weighted by Gasteiger charge is -2.33. The van der Waals surface area contributed by atoms with Gasteiger partial charge in [-0.05, 0) is 48.7 Å². The summed E-state index contributed by atoms with van der Waals surface area (Å²) < 4.78 is 28.6. The molecule has 0 aliphatic rings. The molecule has 3 aromatic rings. The third-order valence-electron chi connectivity index (χ3n) is 6.04. The van der Waals surface area contributed by atoms with Crippen LogP contribution in [0, 0.1) is 0 Å². The number of hydrogen-bond acceptors (Lipinski definition) is 4. The van der Waals surface area contributed by atoms with Crippen molar-refractivity contribution < 1.29 is 18.0 Å². The van der Waals surface area contributed by atoms with E-state index in [0.717, 1.165) is 10.7 Å². The van der Waals surface area contributed by atoms with Crippen LogP contribution in [0.1, 0.15) is 32.3 Å². The van der Waals surface area contributed by atoms with Gasteiger partial charge in [-0.3, -0.25) is 13.9 Å². The Hall–Kier alpha value is -2.78. The number of benzene rings is 3. The number of amides is 2. The minimum Gasteiger partial charge on any atom is -0.354 e. The Labute approximate surface area is 244 Å². The summed E-state index contributed by atoms with van der Waals surface area (Å²) in [6, 6.07) is 18.4. The van der Waals surface area contributed by atoms with Gasteiger partial charge >= 0.3 is 0 Å². The van der Waals surface area contributed by atoms with Crippen molar-refractivity contribution in [2.75, 3.05) is 17.4 Å². The number of hydrogen-bond donors (Lipinski definition) is 1. The molecule has 0 saturated heterocycles. The second-order valence-corrected chi connectivity index (χ2v) is 11.8. The third-order valence-corrected chi connectivity index (χ3v) is 9.00. The molecule has 0 aromatic heterocycles. The summed E-state index contributed by atoms with van der Waals surface area (Å²) >= 11 is 19.1. The van der Waals surface area contributed by atoms with Crippen LogP contribution in [-0.2, 0) is 26.2 Å². The zero-order valence-corrected chi connectivity index (χ0v) is 24.7. The first kappa shape index (κ1) is 30.8. The van der Waals surface area contributed by atoms with Crippen LogP contribution in [-0.4, -0.2) is 44.3 Å². The van der Waals surface area contributed by atoms with Gasteiger partial charge in [-0.1, -0.05) is 91.1 Å². The van der Waals surface area contributed by atoms with Crippen LogP contribution in [0.5, 0.6) is 0 Å². The lowest BCUT2D eigenvalue weighted by Crippen LogP contribution is -2.52. The third kappa shape index (κ3) is 7.45. The Bertz CT molecular complexity index is 1400. The minimum atomic E-state index is -4.25. The maximum Gasteiger partial charge on any atom is 0.264 e. The second-order valence-electron chi connectivity index (χ2n) is 8.73. The number of carbonyl (C=O) groups is 2. The van der Waals surface area contributed by atoms with Crippen LogP contribution >= 0.6 is 34.8 Å². The molecule has 2 amide bonds. The highest BCUT2D eigenvalue weighted by atomic mass is 35.5. The molecule has 1 N–H and O–H groups in total. The van der Waals surface area contributed by atoms with Gasteiger partial charge in [0.1, 0.15) is 12.6 Å². The number of anilines is 1. The van der Waals surface area contributed by atoms with Gasteiger partial charge < -0.3 is 10.2 Å². The van der Waals surface area contributed by atoms with Gasteiger partial charge in [0.05, 0.1) is 20.6 Å². The fraction of sp³-hybridized carbons (Fsp3) is 0.286. The molecule has 0 bridgehead atoms. The molecule has 208 valence electrons. The molecule has 0 saturated carbocycles. The van der Waals surface area contributed by atoms with Crippen LogP contribution in [0.4, 0.5) is 5.69 Å². The molecule has 0 aliphatic heterocycles. The summed E-state index contributed by atoms with van der Waals surface area (Å²) in [6.45, 7) is 3.53. The van der Waals surface area contributed by atoms with E-state index >= 15 is 0 Å². The van der Waals surface area contributed by atoms with Gasteiger partial charge in [-0.15, -0.1) is 0 Å². The number of nitrogens with zero attached hydrogens (tertiary/aromatic N) is 2. The number of sulfonamides is 1. The van der Waals surface area contributed by atoms with Crippen molar-refractivity contribution in [3.63, 3.8) is 0 Å². The van der Waals surface area contributed by atoms with E-state index in [1.54, 1.807) is 55.5 Å². The first-order valence-corrected chi connectivity index (χ1v) is 15.0. The van der Waals surface area contributed by atoms with Crippen molar-refractivity contribution >= 4 is 62.3 Å². The molecule has 0 radical (unpaired) electrons. The van der Waals surface area contributed by atoms with E-state index in [2.05, 4.69) is 5.32 Å². The molecule has 0 unspecified atom stereocenters. The molecule has 0 heterocycles. The Kier molecular flexibility index (Phi) is 11.1. The van der Waals surface area contributed by atoms with Crippen molar-refractivity contribution in [3.05, 3.63) is 93.4 Å². The fourth-order valence-corrected chi connectivity index (χ4v) is 6.10. The zero-order valence-electron chi connectivity index (χ0n) is 21.6. The summed E-state index contributed by atoms with van der Waals surface area (Å²) in [5, 5.41) is 3.38. The van der Waals surface area contributed by atoms with Crippen LogP contribution in [0.25, 0.3) is 0 Å². The molecule has 3 aromatic carbocycles. The van der Waals surface area contributed by atoms with E-state index in [9.17, 15) is 18.0 Å². The highest BCUT2D eigenvalue weighted by Gasteiger charge is 2.34. The van der Waals surface area contributed by atoms with Gasteiger partial charge in [0.15, 0.2) is 0 Å². The van der Waals surface area contributed by atoms with Crippen LogP contribution < -0.4 is 9.62 Å². The van der Waals surface area contributed by atoms with E-state index in [1.165, 1.54) is 29.2 Å². The molecule has 39 heavy (non-hydrogen) atoms. The number of halogens is 3. The summed E-state index contributed by atoms with van der Waals surface area (Å²) in [7, 11) is -4.25. The zero-order chi connectivity index (χ0) is 28.6. The molecule has 1 atom stereocenters. The molecule has 0 aliphatic carbocycles. The second kappa shape index (κ2) is 14.0. The average molecular weight is 611 g/mol. The Morgan fingerprint density at radius 2 is 1.51 bits per heavy atom. The Balaban J connectivity index is 2.09. The molecule has 0 spiro atoms. The lowest BCUT2D eigenvalue weighted by molar-refractivity contribution is -0.140. The highest BCUT2D eigenvalue weighted by molar-refractivity contribution is 7.92. The monoisotopic (exact) mass is 609 g/mol. The maximum absolute atomic E-state index is 14.0. The van der Waals surface area contributed by atoms with Crippen molar-refractivity contribution in [1.82, 2.24) is 10.2 Å². The summed E-state index contributed by atoms with van der Waals surface area (Å²) in [4.78, 5) is 28.5. The van der Waals surface area contributed by atoms with E-state index in [0.29, 0.717) is 23.6 Å². The standard InChI is InChI=1S/C28H30Cl3N3O4S/c1-3-17-32-28(36)24(4-2)33(18-20-11-8-9-14-22(20)29)26(35)19-34(25-16-10-15-23(30)27(25)31)39(37,38)21-12-6-5-7-13-21/h5-16,24H,3-4,17-19H2,1-2H3,(H,32,36)/t24-/m1/s1. The van der Waals surface area contributed by atoms with Crippen LogP contribution in [0.2, 0.25) is 15.1 Å². The largest absolute Gasteiger partial charge is 0.354 e. The average Bonchev–Trinajstić information content (AvgIpc) is 2.93. The summed E-state index contributed by atoms with van der Waals surface area (Å²) in [5.74, 6) is -0.943. The van der Waals surface area contributed by atoms with Crippen LogP contribution in [0.15, 0.2) is 77.7 Å². The van der Waals surface area contributed by atoms with Crippen molar-refractivity contribution in [3.8, 4) is 0 Å². The van der Waals surface area contributed by atoms with E-state index in [4.69, 9.17) is 34.8 Å². The normalized spacial score (nSPS) is 12.0. The SMILES string of the molecule is CCCNC(=O)[C@@H](CC)N(Cc1ccccc1Cl)C(=O)CN(c1cccc(Cl)c1Cl)S(=O)(=O)c1ccccc1. The Morgan fingerprint density at radius 3 is 2.15 bits per heavy atom. The molecular weight excluding hydrogens is 581 g/mol. The minimum absolute atomic E-state index is 0.000932. The number of rotatable bonds is 12. The van der Waals surface area contributed by atoms with Crippen molar-refractivity contribution in [1.29, 1.82) is 0 Å². The first-order valence-electron chi connectivity index (χ1n) is 12.4. The van der Waals surface area contributed by atoms with E-state index < -0.39 is 28.5 Å². The maximum atomic E-state index is 14.0. The smallest absolute Gasteiger partial charge is 0.264 e. The summed E-state index contributed by atoms with van der Waals surface area (Å²) in [6.07, 6.45) is 1.02. The summed E-state index contributed by atoms with van der Waals surface area (Å²) in [5.41, 5.74) is 0.662. The van der Waals surface area contributed by atoms with E-state index in [1.807, 2.05) is 6.92 Å². The van der Waals surface area contributed by atoms with Gasteiger partial charge in [0.25, 0.3) is 10.0 Å². The predicted octanol–water partition coefficient (Wildman–Crippen LogP) is 6.18. The fourth-order valence-electron chi connectivity index (χ4n) is 4.01. The number of nitrogens with one attached hydrogen (secondary N) is 1. The predicted molar refractivity (Wildman–Crippen MR) is 157 cm³/mol. The van der Waals surface area contributed by atoms with Gasteiger partial charge in [0, 0.05) is 18.1 Å². The molecule has 11 heteroatoms. The van der Waals surface area contributed by atoms with Gasteiger partial charge in [-0.2, -0.15) is 0 Å². The topological polar surface area (TPSA) is 86.8 Å². The van der Waals surface area contributed by atoms with Gasteiger partial charge in [-0.25, -0.2) is 8.42 Å². The van der Waals surface area contributed by atoms with Crippen molar-refractivity contribution in [2.24, 2.45) is 0 Å². The quantitative estimate of drug-likeness (QED) is 0.266. The van der Waals surface area contributed by atoms with E-state index in [-0.39, 0.29) is 33.1 Å². The van der Waals surface area contributed by atoms with Gasteiger partial charge in [0.2, 0.25) is 11.8 Å². The molecule has 3 rings (SSSR count). The highest BCUT2D eigenvalue weighted by Crippen LogP contribution is 2.35. The number of carbonyl (C=O) groups excluding carboxylic acids is 2. The van der Waals surface area contributed by atoms with Crippen molar-refractivity contribution in [2.45, 2.75) is 44.2 Å². The van der Waals surface area contributed by atoms with Crippen LogP contribution in [0.3, 0.4) is 0 Å².